The number of rotatable bonds is 5. The summed E-state index contributed by atoms with van der Waals surface area (Å²) >= 11 is 0. The Hall–Kier alpha value is -2.25. The molecular formula is C17H20N4O2S. The van der Waals surface area contributed by atoms with Gasteiger partial charge in [-0.2, -0.15) is 9.40 Å². The van der Waals surface area contributed by atoms with E-state index < -0.39 is 10.0 Å². The Morgan fingerprint density at radius 3 is 2.75 bits per heavy atom. The number of sulfonamides is 1. The molecule has 0 aliphatic carbocycles. The van der Waals surface area contributed by atoms with Gasteiger partial charge in [0.15, 0.2) is 0 Å². The highest BCUT2D eigenvalue weighted by Gasteiger charge is 2.25. The molecule has 0 atom stereocenters. The van der Waals surface area contributed by atoms with Crippen molar-refractivity contribution in [2.75, 3.05) is 7.05 Å². The maximum absolute atomic E-state index is 12.8. The summed E-state index contributed by atoms with van der Waals surface area (Å²) in [5.74, 6) is 0. The highest BCUT2D eigenvalue weighted by molar-refractivity contribution is 7.89. The molecule has 0 unspecified atom stereocenters. The Morgan fingerprint density at radius 2 is 2.04 bits per heavy atom. The van der Waals surface area contributed by atoms with Gasteiger partial charge in [0, 0.05) is 37.9 Å². The second-order valence-electron chi connectivity index (χ2n) is 5.73. The van der Waals surface area contributed by atoms with Gasteiger partial charge in [-0.05, 0) is 37.6 Å². The number of aromatic nitrogens is 3. The predicted molar refractivity (Wildman–Crippen MR) is 93.0 cm³/mol. The van der Waals surface area contributed by atoms with Crippen LogP contribution in [-0.2, 0) is 23.1 Å². The van der Waals surface area contributed by atoms with Crippen LogP contribution in [0.2, 0.25) is 0 Å². The molecule has 3 aromatic rings. The van der Waals surface area contributed by atoms with E-state index in [2.05, 4.69) is 10.1 Å². The molecule has 1 aromatic carbocycles. The standard InChI is InChI=1S/C17H20N4O2S/c1-4-21-12-17(13(2)19-21)24(22,23)20(3)11-14-7-8-16-15(10-14)6-5-9-18-16/h5-10,12H,4,11H2,1-3H3. The molecule has 0 spiro atoms. The van der Waals surface area contributed by atoms with E-state index in [0.717, 1.165) is 16.5 Å². The van der Waals surface area contributed by atoms with Gasteiger partial charge in [-0.1, -0.05) is 12.1 Å². The van der Waals surface area contributed by atoms with E-state index >= 15 is 0 Å². The smallest absolute Gasteiger partial charge is 0.246 e. The summed E-state index contributed by atoms with van der Waals surface area (Å²) in [5, 5.41) is 5.22. The quantitative estimate of drug-likeness (QED) is 0.713. The fraction of sp³-hybridized carbons (Fsp3) is 0.294. The van der Waals surface area contributed by atoms with Gasteiger partial charge in [0.25, 0.3) is 0 Å². The molecular weight excluding hydrogens is 324 g/mol. The first-order valence-electron chi connectivity index (χ1n) is 7.76. The molecule has 3 rings (SSSR count). The van der Waals surface area contributed by atoms with E-state index in [9.17, 15) is 8.42 Å². The number of hydrogen-bond donors (Lipinski definition) is 0. The van der Waals surface area contributed by atoms with Crippen LogP contribution in [0.4, 0.5) is 0 Å². The molecule has 0 aliphatic rings. The van der Waals surface area contributed by atoms with Crippen LogP contribution in [0.3, 0.4) is 0 Å². The lowest BCUT2D eigenvalue weighted by atomic mass is 10.1. The SMILES string of the molecule is CCn1cc(S(=O)(=O)N(C)Cc2ccc3ncccc3c2)c(C)n1. The molecule has 7 heteroatoms. The van der Waals surface area contributed by atoms with E-state index in [1.54, 1.807) is 31.0 Å². The minimum atomic E-state index is -3.58. The van der Waals surface area contributed by atoms with Crippen molar-refractivity contribution in [3.8, 4) is 0 Å². The molecule has 0 fully saturated rings. The minimum Gasteiger partial charge on any atom is -0.271 e. The van der Waals surface area contributed by atoms with Crippen molar-refractivity contribution in [2.45, 2.75) is 31.8 Å². The van der Waals surface area contributed by atoms with Gasteiger partial charge in [0.05, 0.1) is 11.2 Å². The maximum atomic E-state index is 12.8. The topological polar surface area (TPSA) is 68.1 Å². The van der Waals surface area contributed by atoms with Crippen LogP contribution >= 0.6 is 0 Å². The highest BCUT2D eigenvalue weighted by atomic mass is 32.2. The molecule has 24 heavy (non-hydrogen) atoms. The molecule has 2 aromatic heterocycles. The van der Waals surface area contributed by atoms with Crippen LogP contribution in [0.1, 0.15) is 18.2 Å². The largest absolute Gasteiger partial charge is 0.271 e. The molecule has 0 radical (unpaired) electrons. The van der Waals surface area contributed by atoms with Crippen molar-refractivity contribution in [2.24, 2.45) is 0 Å². The third-order valence-electron chi connectivity index (χ3n) is 3.99. The second-order valence-corrected chi connectivity index (χ2v) is 7.74. The monoisotopic (exact) mass is 344 g/mol. The molecule has 0 saturated heterocycles. The van der Waals surface area contributed by atoms with Crippen molar-refractivity contribution in [3.63, 3.8) is 0 Å². The van der Waals surface area contributed by atoms with Crippen LogP contribution in [0.15, 0.2) is 47.6 Å². The molecule has 126 valence electrons. The van der Waals surface area contributed by atoms with Crippen molar-refractivity contribution >= 4 is 20.9 Å². The molecule has 0 saturated carbocycles. The van der Waals surface area contributed by atoms with Crippen LogP contribution < -0.4 is 0 Å². The van der Waals surface area contributed by atoms with Crippen molar-refractivity contribution in [3.05, 3.63) is 54.0 Å². The lowest BCUT2D eigenvalue weighted by Crippen LogP contribution is -2.26. The lowest BCUT2D eigenvalue weighted by Gasteiger charge is -2.17. The van der Waals surface area contributed by atoms with Crippen molar-refractivity contribution in [1.82, 2.24) is 19.1 Å². The number of aryl methyl sites for hydroxylation is 2. The number of benzene rings is 1. The summed E-state index contributed by atoms with van der Waals surface area (Å²) < 4.78 is 28.6. The maximum Gasteiger partial charge on any atom is 0.246 e. The molecule has 2 heterocycles. The van der Waals surface area contributed by atoms with E-state index in [4.69, 9.17) is 0 Å². The first-order valence-corrected chi connectivity index (χ1v) is 9.20. The summed E-state index contributed by atoms with van der Waals surface area (Å²) in [6.45, 7) is 4.58. The Bertz CT molecular complexity index is 979. The third kappa shape index (κ3) is 3.05. The van der Waals surface area contributed by atoms with Crippen LogP contribution in [0, 0.1) is 6.92 Å². The molecule has 0 bridgehead atoms. The zero-order valence-electron chi connectivity index (χ0n) is 14.0. The Labute approximate surface area is 141 Å². The van der Waals surface area contributed by atoms with Gasteiger partial charge in [0.1, 0.15) is 4.90 Å². The predicted octanol–water partition coefficient (Wildman–Crippen LogP) is 2.58. The normalized spacial score (nSPS) is 12.2. The van der Waals surface area contributed by atoms with Crippen LogP contribution in [-0.4, -0.2) is 34.5 Å². The summed E-state index contributed by atoms with van der Waals surface area (Å²) in [4.78, 5) is 4.54. The zero-order chi connectivity index (χ0) is 17.3. The van der Waals surface area contributed by atoms with E-state index in [1.807, 2.05) is 37.3 Å². The fourth-order valence-electron chi connectivity index (χ4n) is 2.65. The fourth-order valence-corrected chi connectivity index (χ4v) is 3.97. The lowest BCUT2D eigenvalue weighted by molar-refractivity contribution is 0.466. The summed E-state index contributed by atoms with van der Waals surface area (Å²) in [6, 6.07) is 9.62. The number of nitrogens with zero attached hydrogens (tertiary/aromatic N) is 4. The van der Waals surface area contributed by atoms with Crippen molar-refractivity contribution < 1.29 is 8.42 Å². The summed E-state index contributed by atoms with van der Waals surface area (Å²) in [6.07, 6.45) is 3.33. The number of hydrogen-bond acceptors (Lipinski definition) is 4. The first kappa shape index (κ1) is 16.6. The number of fused-ring (bicyclic) bond motifs is 1. The molecule has 0 aliphatic heterocycles. The van der Waals surface area contributed by atoms with Gasteiger partial charge in [-0.3, -0.25) is 9.67 Å². The summed E-state index contributed by atoms with van der Waals surface area (Å²) in [7, 11) is -1.99. The van der Waals surface area contributed by atoms with Gasteiger partial charge < -0.3 is 0 Å². The minimum absolute atomic E-state index is 0.259. The molecule has 0 amide bonds. The second kappa shape index (κ2) is 6.33. The zero-order valence-corrected chi connectivity index (χ0v) is 14.8. The van der Waals surface area contributed by atoms with Gasteiger partial charge in [0.2, 0.25) is 10.0 Å². The van der Waals surface area contributed by atoms with E-state index in [1.165, 1.54) is 4.31 Å². The van der Waals surface area contributed by atoms with E-state index in [-0.39, 0.29) is 4.90 Å². The van der Waals surface area contributed by atoms with E-state index in [0.29, 0.717) is 18.8 Å². The van der Waals surface area contributed by atoms with Gasteiger partial charge >= 0.3 is 0 Å². The average molecular weight is 344 g/mol. The Balaban J connectivity index is 1.89. The van der Waals surface area contributed by atoms with Gasteiger partial charge in [-0.15, -0.1) is 0 Å². The third-order valence-corrected chi connectivity index (χ3v) is 5.89. The Morgan fingerprint density at radius 1 is 1.25 bits per heavy atom. The van der Waals surface area contributed by atoms with Gasteiger partial charge in [-0.25, -0.2) is 8.42 Å². The summed E-state index contributed by atoms with van der Waals surface area (Å²) in [5.41, 5.74) is 2.33. The average Bonchev–Trinajstić information content (AvgIpc) is 2.96. The first-order chi connectivity index (χ1) is 11.4. The van der Waals surface area contributed by atoms with Crippen molar-refractivity contribution in [1.29, 1.82) is 0 Å². The Kier molecular flexibility index (Phi) is 4.38. The van der Waals surface area contributed by atoms with Crippen LogP contribution in [0.5, 0.6) is 0 Å². The van der Waals surface area contributed by atoms with Crippen LogP contribution in [0.25, 0.3) is 10.9 Å². The highest BCUT2D eigenvalue weighted by Crippen LogP contribution is 2.21. The molecule has 0 N–H and O–H groups in total. The number of pyridine rings is 1. The molecule has 6 nitrogen and oxygen atoms in total.